The summed E-state index contributed by atoms with van der Waals surface area (Å²) in [5, 5.41) is 14.6. The molecule has 9 nitrogen and oxygen atoms in total. The van der Waals surface area contributed by atoms with Crippen LogP contribution in [0.15, 0.2) is 36.9 Å². The van der Waals surface area contributed by atoms with Gasteiger partial charge in [0.2, 0.25) is 11.9 Å². The number of piperidine rings is 1. The van der Waals surface area contributed by atoms with E-state index in [0.29, 0.717) is 23.2 Å². The maximum Gasteiger partial charge on any atom is 0.273 e. The van der Waals surface area contributed by atoms with Gasteiger partial charge < -0.3 is 21.3 Å². The van der Waals surface area contributed by atoms with E-state index in [1.54, 1.807) is 24.3 Å². The van der Waals surface area contributed by atoms with Crippen LogP contribution in [-0.2, 0) is 4.79 Å². The van der Waals surface area contributed by atoms with Crippen LogP contribution in [-0.4, -0.2) is 45.6 Å². The number of benzene rings is 1. The lowest BCUT2D eigenvalue weighted by Crippen LogP contribution is -2.54. The third-order valence-electron chi connectivity index (χ3n) is 4.77. The van der Waals surface area contributed by atoms with E-state index in [2.05, 4.69) is 32.4 Å². The number of rotatable bonds is 6. The molecule has 1 saturated heterocycles. The number of nitrogens with two attached hydrogens (primary N) is 1. The zero-order chi connectivity index (χ0) is 21.0. The van der Waals surface area contributed by atoms with Gasteiger partial charge in [-0.25, -0.2) is 0 Å². The van der Waals surface area contributed by atoms with E-state index in [1.165, 1.54) is 6.08 Å². The van der Waals surface area contributed by atoms with Crippen LogP contribution in [0.4, 0.5) is 17.5 Å². The van der Waals surface area contributed by atoms with Crippen molar-refractivity contribution in [3.05, 3.63) is 47.6 Å². The summed E-state index contributed by atoms with van der Waals surface area (Å²) in [5.74, 6) is -0.418. The van der Waals surface area contributed by atoms with Crippen molar-refractivity contribution in [1.29, 1.82) is 0 Å². The van der Waals surface area contributed by atoms with Crippen molar-refractivity contribution >= 4 is 40.9 Å². The van der Waals surface area contributed by atoms with Crippen LogP contribution < -0.4 is 21.3 Å². The summed E-state index contributed by atoms with van der Waals surface area (Å²) in [6, 6.07) is 6.77. The minimum absolute atomic E-state index is 0.0649. The van der Waals surface area contributed by atoms with Gasteiger partial charge in [-0.05, 0) is 50.1 Å². The van der Waals surface area contributed by atoms with Crippen molar-refractivity contribution in [2.45, 2.75) is 31.8 Å². The lowest BCUT2D eigenvalue weighted by atomic mass is 9.97. The number of nitrogens with zero attached hydrogens (tertiary/aromatic N) is 4. The number of anilines is 3. The Balaban J connectivity index is 1.89. The molecule has 0 radical (unpaired) electrons. The molecule has 1 aromatic carbocycles. The molecular weight excluding hydrogens is 394 g/mol. The molecular formula is C19H22ClN7O2. The predicted octanol–water partition coefficient (Wildman–Crippen LogP) is 2.03. The van der Waals surface area contributed by atoms with Crippen LogP contribution in [0.5, 0.6) is 0 Å². The van der Waals surface area contributed by atoms with Crippen molar-refractivity contribution < 1.29 is 9.59 Å². The number of nitrogens with one attached hydrogen (secondary N) is 2. The predicted molar refractivity (Wildman–Crippen MR) is 111 cm³/mol. The van der Waals surface area contributed by atoms with Gasteiger partial charge in [-0.1, -0.05) is 18.2 Å². The molecule has 0 aliphatic carbocycles. The molecule has 4 N–H and O–H groups in total. The van der Waals surface area contributed by atoms with Gasteiger partial charge in [0, 0.05) is 29.3 Å². The lowest BCUT2D eigenvalue weighted by molar-refractivity contribution is -0.117. The molecule has 2 amide bonds. The van der Waals surface area contributed by atoms with Gasteiger partial charge in [-0.2, -0.15) is 4.98 Å². The molecule has 0 bridgehead atoms. The Labute approximate surface area is 173 Å². The molecule has 2 aromatic rings. The van der Waals surface area contributed by atoms with Gasteiger partial charge in [0.1, 0.15) is 0 Å². The van der Waals surface area contributed by atoms with Crippen LogP contribution in [0.3, 0.4) is 0 Å². The number of amides is 2. The summed E-state index contributed by atoms with van der Waals surface area (Å²) in [5.41, 5.74) is 6.03. The zero-order valence-corrected chi connectivity index (χ0v) is 16.7. The molecule has 2 heterocycles. The second-order valence-electron chi connectivity index (χ2n) is 6.70. The molecule has 29 heavy (non-hydrogen) atoms. The molecule has 1 aromatic heterocycles. The third-order valence-corrected chi connectivity index (χ3v) is 5.03. The van der Waals surface area contributed by atoms with Gasteiger partial charge in [0.25, 0.3) is 5.91 Å². The molecule has 0 unspecified atom stereocenters. The Morgan fingerprint density at radius 2 is 2.03 bits per heavy atom. The van der Waals surface area contributed by atoms with Crippen LogP contribution >= 0.6 is 11.6 Å². The summed E-state index contributed by atoms with van der Waals surface area (Å²) in [7, 11) is 0. The first-order valence-corrected chi connectivity index (χ1v) is 9.53. The second-order valence-corrected chi connectivity index (χ2v) is 7.14. The highest BCUT2D eigenvalue weighted by Crippen LogP contribution is 2.25. The van der Waals surface area contributed by atoms with Crippen LogP contribution in [0.25, 0.3) is 0 Å². The average Bonchev–Trinajstić information content (AvgIpc) is 2.71. The Morgan fingerprint density at radius 3 is 2.69 bits per heavy atom. The van der Waals surface area contributed by atoms with E-state index in [-0.39, 0.29) is 29.5 Å². The van der Waals surface area contributed by atoms with E-state index >= 15 is 0 Å². The van der Waals surface area contributed by atoms with E-state index in [0.717, 1.165) is 12.8 Å². The van der Waals surface area contributed by atoms with Gasteiger partial charge in [-0.3, -0.25) is 9.59 Å². The Bertz CT molecular complexity index is 919. The highest BCUT2D eigenvalue weighted by molar-refractivity contribution is 6.30. The molecule has 0 saturated carbocycles. The summed E-state index contributed by atoms with van der Waals surface area (Å²) < 4.78 is 0. The average molecular weight is 416 g/mol. The topological polar surface area (TPSA) is 126 Å². The molecule has 3 rings (SSSR count). The Morgan fingerprint density at radius 1 is 1.31 bits per heavy atom. The smallest absolute Gasteiger partial charge is 0.273 e. The number of hydrogen-bond donors (Lipinski definition) is 3. The van der Waals surface area contributed by atoms with Gasteiger partial charge in [0.15, 0.2) is 11.5 Å². The summed E-state index contributed by atoms with van der Waals surface area (Å²) in [4.78, 5) is 29.9. The van der Waals surface area contributed by atoms with E-state index in [1.807, 2.05) is 11.8 Å². The number of hydrogen-bond acceptors (Lipinski definition) is 7. The van der Waals surface area contributed by atoms with Crippen molar-refractivity contribution in [3.63, 3.8) is 0 Å². The molecule has 2 atom stereocenters. The number of halogens is 1. The van der Waals surface area contributed by atoms with Crippen LogP contribution in [0.2, 0.25) is 5.02 Å². The van der Waals surface area contributed by atoms with Gasteiger partial charge in [0.05, 0.1) is 0 Å². The summed E-state index contributed by atoms with van der Waals surface area (Å²) in [6.07, 6.45) is 2.92. The van der Waals surface area contributed by atoms with Gasteiger partial charge in [-0.15, -0.1) is 10.2 Å². The first-order valence-electron chi connectivity index (χ1n) is 9.15. The fourth-order valence-electron chi connectivity index (χ4n) is 3.22. The third kappa shape index (κ3) is 4.80. The van der Waals surface area contributed by atoms with E-state index in [4.69, 9.17) is 17.3 Å². The van der Waals surface area contributed by atoms with E-state index < -0.39 is 5.91 Å². The minimum Gasteiger partial charge on any atom is -0.364 e. The van der Waals surface area contributed by atoms with Crippen molar-refractivity contribution in [1.82, 2.24) is 20.5 Å². The maximum absolute atomic E-state index is 11.8. The molecule has 1 fully saturated rings. The minimum atomic E-state index is -0.740. The van der Waals surface area contributed by atoms with E-state index in [9.17, 15) is 9.59 Å². The fraction of sp³-hybridized carbons (Fsp3) is 0.316. The molecule has 10 heteroatoms. The highest BCUT2D eigenvalue weighted by atomic mass is 35.5. The quantitative estimate of drug-likeness (QED) is 0.616. The number of aromatic nitrogens is 3. The maximum atomic E-state index is 11.8. The van der Waals surface area contributed by atoms with Gasteiger partial charge >= 0.3 is 0 Å². The molecule has 1 aliphatic rings. The number of carbonyl (C=O) groups excluding carboxylic acids is 2. The van der Waals surface area contributed by atoms with Crippen molar-refractivity contribution in [2.24, 2.45) is 5.73 Å². The summed E-state index contributed by atoms with van der Waals surface area (Å²) in [6.45, 7) is 6.16. The van der Waals surface area contributed by atoms with Crippen molar-refractivity contribution in [2.75, 3.05) is 16.8 Å². The molecule has 0 spiro atoms. The van der Waals surface area contributed by atoms with Crippen LogP contribution in [0, 0.1) is 0 Å². The lowest BCUT2D eigenvalue weighted by Gasteiger charge is -2.39. The normalized spacial score (nSPS) is 18.8. The standard InChI is InChI=1S/C19H22ClN7O2/c1-3-15(28)23-14-5-4-10-27(11(14)2)19-24-18(16(17(21)29)25-26-19)22-13-8-6-12(20)7-9-13/h3,6-9,11,14H,1,4-5,10H2,2H3,(H2,21,29)(H,23,28)(H,22,24,26)/t11-,14-/m1/s1. The van der Waals surface area contributed by atoms with Crippen molar-refractivity contribution in [3.8, 4) is 0 Å². The highest BCUT2D eigenvalue weighted by Gasteiger charge is 2.31. The monoisotopic (exact) mass is 415 g/mol. The SMILES string of the molecule is C=CC(=O)N[C@@H]1CCCN(c2nnc(C(N)=O)c(Nc3ccc(Cl)cc3)n2)[C@@H]1C. The molecule has 152 valence electrons. The summed E-state index contributed by atoms with van der Waals surface area (Å²) >= 11 is 5.92. The molecule has 1 aliphatic heterocycles. The number of carbonyl (C=O) groups is 2. The Kier molecular flexibility index (Phi) is 6.28. The largest absolute Gasteiger partial charge is 0.364 e. The second kappa shape index (κ2) is 8.87. The zero-order valence-electron chi connectivity index (χ0n) is 15.9. The number of primary amides is 1. The fourth-order valence-corrected chi connectivity index (χ4v) is 3.35. The first kappa shape index (κ1) is 20.5. The van der Waals surface area contributed by atoms with Crippen LogP contribution in [0.1, 0.15) is 30.3 Å². The first-order chi connectivity index (χ1) is 13.9. The Hall–Kier alpha value is -3.20.